The van der Waals surface area contributed by atoms with Gasteiger partial charge in [0, 0.05) is 24.2 Å². The van der Waals surface area contributed by atoms with Gasteiger partial charge < -0.3 is 4.90 Å². The predicted molar refractivity (Wildman–Crippen MR) is 63.7 cm³/mol. The lowest BCUT2D eigenvalue weighted by Crippen LogP contribution is -2.39. The summed E-state index contributed by atoms with van der Waals surface area (Å²) in [6.45, 7) is 3.75. The van der Waals surface area contributed by atoms with E-state index in [1.807, 2.05) is 11.8 Å². The molecule has 1 aromatic rings. The van der Waals surface area contributed by atoms with Crippen LogP contribution in [0.1, 0.15) is 25.0 Å². The molecule has 0 saturated carbocycles. The first kappa shape index (κ1) is 11.4. The van der Waals surface area contributed by atoms with Gasteiger partial charge in [-0.2, -0.15) is 0 Å². The molecule has 1 aliphatic heterocycles. The van der Waals surface area contributed by atoms with Crippen molar-refractivity contribution in [2.45, 2.75) is 32.7 Å². The number of aryl methyl sites for hydroxylation is 1. The maximum absolute atomic E-state index is 11.9. The first-order valence-corrected chi connectivity index (χ1v) is 6.49. The van der Waals surface area contributed by atoms with Crippen LogP contribution in [0.4, 0.5) is 0 Å². The molecule has 0 aliphatic carbocycles. The van der Waals surface area contributed by atoms with Crippen molar-refractivity contribution in [2.24, 2.45) is 0 Å². The van der Waals surface area contributed by atoms with Gasteiger partial charge in [0.05, 0.1) is 0 Å². The Labute approximate surface area is 98.5 Å². The van der Waals surface area contributed by atoms with Gasteiger partial charge in [-0.3, -0.25) is 14.2 Å². The molecule has 1 aromatic heterocycles. The second-order valence-electron chi connectivity index (χ2n) is 4.17. The summed E-state index contributed by atoms with van der Waals surface area (Å²) in [4.78, 5) is 25.2. The lowest BCUT2D eigenvalue weighted by atomic mass is 10.1. The van der Waals surface area contributed by atoms with Gasteiger partial charge in [0.15, 0.2) is 0 Å². The van der Waals surface area contributed by atoms with Crippen LogP contribution in [-0.4, -0.2) is 28.5 Å². The maximum atomic E-state index is 11.9. The molecule has 0 aromatic carbocycles. The van der Waals surface area contributed by atoms with Crippen LogP contribution >= 0.6 is 11.3 Å². The Bertz CT molecular complexity index is 429. The van der Waals surface area contributed by atoms with Gasteiger partial charge in [0.2, 0.25) is 5.91 Å². The minimum atomic E-state index is -0.0390. The lowest BCUT2D eigenvalue weighted by Gasteiger charge is -2.26. The van der Waals surface area contributed by atoms with E-state index in [-0.39, 0.29) is 17.3 Å². The molecule has 1 saturated heterocycles. The fourth-order valence-electron chi connectivity index (χ4n) is 1.97. The molecule has 0 N–H and O–H groups in total. The Morgan fingerprint density at radius 3 is 2.62 bits per heavy atom. The number of hydrogen-bond acceptors (Lipinski definition) is 3. The predicted octanol–water partition coefficient (Wildman–Crippen LogP) is 1.23. The maximum Gasteiger partial charge on any atom is 0.307 e. The number of carbonyl (C=O) groups is 1. The summed E-state index contributed by atoms with van der Waals surface area (Å²) < 4.78 is 1.56. The largest absolute Gasteiger partial charge is 0.341 e. The number of amides is 1. The summed E-state index contributed by atoms with van der Waals surface area (Å²) in [5.41, 5.74) is 0.875. The minimum absolute atomic E-state index is 0.0390. The van der Waals surface area contributed by atoms with Gasteiger partial charge in [-0.25, -0.2) is 0 Å². The standard InChI is InChI=1S/C11H16N2O2S/c1-9-8-16-11(15)13(9)7-10(14)12-5-3-2-4-6-12/h8H,2-7H2,1H3. The van der Waals surface area contributed by atoms with Crippen molar-refractivity contribution in [1.82, 2.24) is 9.47 Å². The lowest BCUT2D eigenvalue weighted by molar-refractivity contribution is -0.132. The van der Waals surface area contributed by atoms with E-state index in [2.05, 4.69) is 0 Å². The van der Waals surface area contributed by atoms with Gasteiger partial charge in [0.25, 0.3) is 0 Å². The molecular formula is C11H16N2O2S. The number of nitrogens with zero attached hydrogens (tertiary/aromatic N) is 2. The second kappa shape index (κ2) is 4.82. The van der Waals surface area contributed by atoms with Crippen LogP contribution < -0.4 is 4.87 Å². The topological polar surface area (TPSA) is 42.3 Å². The molecule has 1 aliphatic rings. The number of aromatic nitrogens is 1. The van der Waals surface area contributed by atoms with Crippen LogP contribution in [0.15, 0.2) is 10.2 Å². The van der Waals surface area contributed by atoms with Crippen LogP contribution in [0.5, 0.6) is 0 Å². The molecule has 1 fully saturated rings. The molecule has 5 heteroatoms. The van der Waals surface area contributed by atoms with E-state index in [0.717, 1.165) is 43.0 Å². The normalized spacial score (nSPS) is 16.4. The van der Waals surface area contributed by atoms with Gasteiger partial charge in [-0.1, -0.05) is 11.3 Å². The highest BCUT2D eigenvalue weighted by Crippen LogP contribution is 2.09. The molecule has 1 amide bonds. The molecule has 2 rings (SSSR count). The van der Waals surface area contributed by atoms with E-state index in [0.29, 0.717) is 0 Å². The van der Waals surface area contributed by atoms with E-state index in [4.69, 9.17) is 0 Å². The molecule has 88 valence electrons. The van der Waals surface area contributed by atoms with E-state index >= 15 is 0 Å². The molecule has 4 nitrogen and oxygen atoms in total. The number of hydrogen-bond donors (Lipinski definition) is 0. The number of piperidine rings is 1. The third kappa shape index (κ3) is 2.35. The van der Waals surface area contributed by atoms with E-state index in [9.17, 15) is 9.59 Å². The first-order chi connectivity index (χ1) is 7.68. The van der Waals surface area contributed by atoms with Crippen LogP contribution in [0.3, 0.4) is 0 Å². The van der Waals surface area contributed by atoms with E-state index in [1.54, 1.807) is 9.95 Å². The first-order valence-electron chi connectivity index (χ1n) is 5.61. The van der Waals surface area contributed by atoms with Gasteiger partial charge >= 0.3 is 4.87 Å². The van der Waals surface area contributed by atoms with E-state index in [1.165, 1.54) is 6.42 Å². The van der Waals surface area contributed by atoms with Gasteiger partial charge in [-0.15, -0.1) is 0 Å². The monoisotopic (exact) mass is 240 g/mol. The number of carbonyl (C=O) groups excluding carboxylic acids is 1. The third-order valence-electron chi connectivity index (χ3n) is 2.98. The van der Waals surface area contributed by atoms with Crippen LogP contribution in [-0.2, 0) is 11.3 Å². The number of thiazole rings is 1. The molecule has 0 unspecified atom stereocenters. The van der Waals surface area contributed by atoms with Crippen LogP contribution in [0.2, 0.25) is 0 Å². The Balaban J connectivity index is 2.04. The summed E-state index contributed by atoms with van der Waals surface area (Å²) in [6.07, 6.45) is 3.38. The zero-order valence-corrected chi connectivity index (χ0v) is 10.3. The Morgan fingerprint density at radius 2 is 2.06 bits per heavy atom. The van der Waals surface area contributed by atoms with Crippen molar-refractivity contribution in [2.75, 3.05) is 13.1 Å². The molecule has 16 heavy (non-hydrogen) atoms. The fourth-order valence-corrected chi connectivity index (χ4v) is 2.71. The van der Waals surface area contributed by atoms with Crippen LogP contribution in [0, 0.1) is 6.92 Å². The number of likely N-dealkylation sites (tertiary alicyclic amines) is 1. The minimum Gasteiger partial charge on any atom is -0.341 e. The van der Waals surface area contributed by atoms with Crippen molar-refractivity contribution >= 4 is 17.2 Å². The third-order valence-corrected chi connectivity index (χ3v) is 3.86. The smallest absolute Gasteiger partial charge is 0.307 e. The van der Waals surface area contributed by atoms with Gasteiger partial charge in [0.1, 0.15) is 6.54 Å². The quantitative estimate of drug-likeness (QED) is 0.780. The fraction of sp³-hybridized carbons (Fsp3) is 0.636. The molecule has 0 spiro atoms. The average molecular weight is 240 g/mol. The van der Waals surface area contributed by atoms with E-state index < -0.39 is 0 Å². The summed E-state index contributed by atoms with van der Waals surface area (Å²) in [7, 11) is 0. The average Bonchev–Trinajstić information content (AvgIpc) is 2.62. The highest BCUT2D eigenvalue weighted by Gasteiger charge is 2.17. The highest BCUT2D eigenvalue weighted by molar-refractivity contribution is 7.07. The van der Waals surface area contributed by atoms with Crippen LogP contribution in [0.25, 0.3) is 0 Å². The van der Waals surface area contributed by atoms with Crippen molar-refractivity contribution in [1.29, 1.82) is 0 Å². The Kier molecular flexibility index (Phi) is 3.43. The highest BCUT2D eigenvalue weighted by atomic mass is 32.1. The molecule has 0 bridgehead atoms. The summed E-state index contributed by atoms with van der Waals surface area (Å²) in [5.74, 6) is 0.0725. The molecule has 0 atom stereocenters. The second-order valence-corrected chi connectivity index (χ2v) is 4.99. The SMILES string of the molecule is Cc1csc(=O)n1CC(=O)N1CCCCC1. The zero-order chi connectivity index (χ0) is 11.5. The van der Waals surface area contributed by atoms with Crippen molar-refractivity contribution in [3.05, 3.63) is 20.7 Å². The molecule has 2 heterocycles. The summed E-state index contributed by atoms with van der Waals surface area (Å²) in [5, 5.41) is 1.80. The summed E-state index contributed by atoms with van der Waals surface area (Å²) >= 11 is 1.16. The summed E-state index contributed by atoms with van der Waals surface area (Å²) in [6, 6.07) is 0. The molecule has 0 radical (unpaired) electrons. The Hall–Kier alpha value is -1.10. The van der Waals surface area contributed by atoms with Gasteiger partial charge in [-0.05, 0) is 26.2 Å². The van der Waals surface area contributed by atoms with Crippen molar-refractivity contribution in [3.63, 3.8) is 0 Å². The zero-order valence-electron chi connectivity index (χ0n) is 9.44. The van der Waals surface area contributed by atoms with Crippen molar-refractivity contribution < 1.29 is 4.79 Å². The number of rotatable bonds is 2. The van der Waals surface area contributed by atoms with Crippen molar-refractivity contribution in [3.8, 4) is 0 Å². The molecular weight excluding hydrogens is 224 g/mol. The Morgan fingerprint density at radius 1 is 1.38 bits per heavy atom.